The van der Waals surface area contributed by atoms with Crippen molar-refractivity contribution in [1.29, 1.82) is 0 Å². The summed E-state index contributed by atoms with van der Waals surface area (Å²) in [6.45, 7) is -0.405. The maximum Gasteiger partial charge on any atom is 0.351 e. The number of aliphatic hydroxyl groups is 1. The largest absolute Gasteiger partial charge is 0.394 e. The van der Waals surface area contributed by atoms with E-state index in [1.807, 2.05) is 0 Å². The lowest BCUT2D eigenvalue weighted by Crippen LogP contribution is -2.28. The molecule has 1 aliphatic rings. The number of nitrogens with zero attached hydrogens (tertiary/aromatic N) is 2. The predicted molar refractivity (Wildman–Crippen MR) is 94.7 cm³/mol. The second-order valence-corrected chi connectivity index (χ2v) is 6.48. The lowest BCUT2D eigenvalue weighted by Gasteiger charge is -2.16. The van der Waals surface area contributed by atoms with Crippen LogP contribution in [0.25, 0.3) is 0 Å². The summed E-state index contributed by atoms with van der Waals surface area (Å²) >= 11 is 0. The number of carbonyl (C=O) groups is 1. The van der Waals surface area contributed by atoms with E-state index in [1.165, 1.54) is 16.8 Å². The lowest BCUT2D eigenvalue weighted by atomic mass is 10.2. The van der Waals surface area contributed by atoms with Crippen LogP contribution < -0.4 is 11.0 Å². The average Bonchev–Trinajstić information content (AvgIpc) is 3.04. The Balaban J connectivity index is 1.72. The van der Waals surface area contributed by atoms with Gasteiger partial charge in [-0.05, 0) is 18.2 Å². The molecule has 1 fully saturated rings. The van der Waals surface area contributed by atoms with E-state index in [9.17, 15) is 14.7 Å². The summed E-state index contributed by atoms with van der Waals surface area (Å²) in [5, 5.41) is 11.9. The fourth-order valence-electron chi connectivity index (χ4n) is 2.75. The summed E-state index contributed by atoms with van der Waals surface area (Å²) in [6.07, 6.45) is -0.837. The van der Waals surface area contributed by atoms with E-state index in [4.69, 9.17) is 19.0 Å². The molecule has 4 N–H and O–H groups in total. The molecule has 11 heteroatoms. The van der Waals surface area contributed by atoms with Gasteiger partial charge in [0.1, 0.15) is 18.1 Å². The molecule has 3 atom stereocenters. The molecule has 1 aromatic carbocycles. The number of aliphatic hydroxyl groups excluding tert-OH is 1. The Hall–Kier alpha value is -2.20. The molecular weight excluding hydrogens is 377 g/mol. The summed E-state index contributed by atoms with van der Waals surface area (Å²) in [5.41, 5.74) is -0.239. The van der Waals surface area contributed by atoms with Crippen LogP contribution >= 0.6 is 8.60 Å². The minimum Gasteiger partial charge on any atom is -0.394 e. The normalized spacial score (nSPS) is 22.1. The molecule has 0 radical (unpaired) electrons. The molecule has 1 amide bonds. The van der Waals surface area contributed by atoms with Crippen LogP contribution in [0.15, 0.2) is 47.4 Å². The third kappa shape index (κ3) is 4.75. The number of aromatic nitrogens is 2. The lowest BCUT2D eigenvalue weighted by molar-refractivity contribution is -0.0432. The van der Waals surface area contributed by atoms with Gasteiger partial charge in [-0.1, -0.05) is 18.2 Å². The van der Waals surface area contributed by atoms with E-state index in [0.717, 1.165) is 0 Å². The fourth-order valence-corrected chi connectivity index (χ4v) is 3.21. The summed E-state index contributed by atoms with van der Waals surface area (Å²) in [6, 6.07) is 9.94. The van der Waals surface area contributed by atoms with Gasteiger partial charge in [0, 0.05) is 18.2 Å². The first-order valence-corrected chi connectivity index (χ1v) is 9.21. The fraction of sp³-hybridized carbons (Fsp3) is 0.312. The number of anilines is 1. The predicted octanol–water partition coefficient (Wildman–Crippen LogP) is 0.372. The van der Waals surface area contributed by atoms with Gasteiger partial charge >= 0.3 is 14.3 Å². The Morgan fingerprint density at radius 3 is 2.70 bits per heavy atom. The van der Waals surface area contributed by atoms with Gasteiger partial charge < -0.3 is 29.5 Å². The van der Waals surface area contributed by atoms with Gasteiger partial charge in [-0.15, -0.1) is 0 Å². The van der Waals surface area contributed by atoms with Crippen molar-refractivity contribution in [3.8, 4) is 0 Å². The molecule has 0 saturated carbocycles. The highest BCUT2D eigenvalue weighted by Gasteiger charge is 2.38. The van der Waals surface area contributed by atoms with Gasteiger partial charge in [0.25, 0.3) is 5.91 Å². The van der Waals surface area contributed by atoms with Crippen molar-refractivity contribution in [2.24, 2.45) is 0 Å². The van der Waals surface area contributed by atoms with Gasteiger partial charge in [-0.25, -0.2) is 4.79 Å². The molecular formula is C16H18N3O7P. The molecule has 3 rings (SSSR count). The third-order valence-corrected chi connectivity index (χ3v) is 4.47. The number of hydrogen-bond donors (Lipinski definition) is 4. The summed E-state index contributed by atoms with van der Waals surface area (Å²) in [4.78, 5) is 46.2. The van der Waals surface area contributed by atoms with E-state index in [-0.39, 0.29) is 12.2 Å². The molecule has 27 heavy (non-hydrogen) atoms. The zero-order valence-corrected chi connectivity index (χ0v) is 14.9. The monoisotopic (exact) mass is 395 g/mol. The quantitative estimate of drug-likeness (QED) is 0.514. The molecule has 1 aliphatic heterocycles. The minimum absolute atomic E-state index is 0.0869. The summed E-state index contributed by atoms with van der Waals surface area (Å²) in [7, 11) is -2.62. The maximum atomic E-state index is 12.3. The smallest absolute Gasteiger partial charge is 0.351 e. The van der Waals surface area contributed by atoms with Crippen LogP contribution in [0.4, 0.5) is 5.82 Å². The first-order valence-electron chi connectivity index (χ1n) is 8.04. The zero-order chi connectivity index (χ0) is 19.4. The standard InChI is InChI=1S/C16H18N3O7P/c20-9-12-11(26-27(23)24)8-14(25-12)19-7-6-13(18-16(19)22)17-15(21)10-4-2-1-3-5-10/h1-7,11-12,14,20,23-24H,8-9H2,(H,17,18,21,22)/t11-,12+,14+/m0/s1. The van der Waals surface area contributed by atoms with Crippen molar-refractivity contribution >= 4 is 20.3 Å². The summed E-state index contributed by atoms with van der Waals surface area (Å²) < 4.78 is 11.6. The molecule has 1 saturated heterocycles. The van der Waals surface area contributed by atoms with Crippen LogP contribution in [0.2, 0.25) is 0 Å². The van der Waals surface area contributed by atoms with Gasteiger partial charge in [0.15, 0.2) is 0 Å². The Labute approximate surface area is 155 Å². The van der Waals surface area contributed by atoms with Crippen LogP contribution in [0, 0.1) is 0 Å². The van der Waals surface area contributed by atoms with Crippen molar-refractivity contribution in [2.75, 3.05) is 11.9 Å². The van der Waals surface area contributed by atoms with Crippen molar-refractivity contribution in [3.05, 3.63) is 58.6 Å². The Morgan fingerprint density at radius 1 is 1.33 bits per heavy atom. The number of ether oxygens (including phenoxy) is 1. The highest BCUT2D eigenvalue weighted by Crippen LogP contribution is 2.37. The van der Waals surface area contributed by atoms with E-state index in [1.54, 1.807) is 30.3 Å². The SMILES string of the molecule is O=C(Nc1ccn([C@H]2C[C@H](OP(O)O)[C@@H](CO)O2)c(=O)n1)c1ccccc1. The highest BCUT2D eigenvalue weighted by molar-refractivity contribution is 7.39. The second-order valence-electron chi connectivity index (χ2n) is 5.77. The van der Waals surface area contributed by atoms with E-state index >= 15 is 0 Å². The van der Waals surface area contributed by atoms with Gasteiger partial charge in [-0.2, -0.15) is 4.98 Å². The minimum atomic E-state index is -2.62. The first-order chi connectivity index (χ1) is 13.0. The molecule has 0 bridgehead atoms. The van der Waals surface area contributed by atoms with E-state index in [2.05, 4.69) is 10.3 Å². The number of rotatable bonds is 6. The van der Waals surface area contributed by atoms with Crippen molar-refractivity contribution in [2.45, 2.75) is 24.9 Å². The summed E-state index contributed by atoms with van der Waals surface area (Å²) in [5.74, 6) is -0.311. The van der Waals surface area contributed by atoms with E-state index < -0.39 is 45.2 Å². The molecule has 144 valence electrons. The van der Waals surface area contributed by atoms with E-state index in [0.29, 0.717) is 5.56 Å². The van der Waals surface area contributed by atoms with Crippen LogP contribution in [0.5, 0.6) is 0 Å². The number of nitrogens with one attached hydrogen (secondary N) is 1. The second kappa shape index (κ2) is 8.66. The van der Waals surface area contributed by atoms with Crippen molar-refractivity contribution in [1.82, 2.24) is 9.55 Å². The van der Waals surface area contributed by atoms with Crippen LogP contribution in [0.1, 0.15) is 23.0 Å². The number of carbonyl (C=O) groups excluding carboxylic acids is 1. The van der Waals surface area contributed by atoms with Gasteiger partial charge in [0.05, 0.1) is 12.7 Å². The van der Waals surface area contributed by atoms with Gasteiger partial charge in [-0.3, -0.25) is 9.36 Å². The molecule has 10 nitrogen and oxygen atoms in total. The Bertz CT molecular complexity index is 845. The zero-order valence-electron chi connectivity index (χ0n) is 14.0. The number of benzene rings is 1. The molecule has 0 aliphatic carbocycles. The highest BCUT2D eigenvalue weighted by atomic mass is 31.2. The third-order valence-electron chi connectivity index (χ3n) is 4.01. The van der Waals surface area contributed by atoms with Crippen LogP contribution in [0.3, 0.4) is 0 Å². The number of hydrogen-bond acceptors (Lipinski definition) is 8. The van der Waals surface area contributed by atoms with Crippen LogP contribution in [-0.2, 0) is 9.26 Å². The topological polar surface area (TPSA) is 143 Å². The van der Waals surface area contributed by atoms with Crippen molar-refractivity contribution in [3.63, 3.8) is 0 Å². The molecule has 0 unspecified atom stereocenters. The van der Waals surface area contributed by atoms with Crippen molar-refractivity contribution < 1.29 is 28.9 Å². The molecule has 2 heterocycles. The average molecular weight is 395 g/mol. The maximum absolute atomic E-state index is 12.3. The molecule has 1 aromatic heterocycles. The number of amides is 1. The van der Waals surface area contributed by atoms with Crippen LogP contribution in [-0.4, -0.2) is 49.2 Å². The molecule has 2 aromatic rings. The Kier molecular flexibility index (Phi) is 6.27. The molecule has 0 spiro atoms. The first kappa shape index (κ1) is 19.6. The van der Waals surface area contributed by atoms with Gasteiger partial charge in [0.2, 0.25) is 0 Å². The Morgan fingerprint density at radius 2 is 2.07 bits per heavy atom.